The minimum Gasteiger partial charge on any atom is -0.308 e. The van der Waals surface area contributed by atoms with Crippen LogP contribution in [0.2, 0.25) is 0 Å². The Hall–Kier alpha value is -1.69. The molecule has 1 aliphatic carbocycles. The van der Waals surface area contributed by atoms with Gasteiger partial charge in [-0.3, -0.25) is 9.36 Å². The minimum absolute atomic E-state index is 0.706. The van der Waals surface area contributed by atoms with E-state index in [0.717, 1.165) is 37.4 Å². The van der Waals surface area contributed by atoms with E-state index in [1.807, 2.05) is 10.9 Å². The molecule has 3 rings (SSSR count). The molecule has 6 heteroatoms. The van der Waals surface area contributed by atoms with Crippen LogP contribution in [0.3, 0.4) is 0 Å². The first-order chi connectivity index (χ1) is 10.2. The van der Waals surface area contributed by atoms with Crippen molar-refractivity contribution in [2.45, 2.75) is 65.7 Å². The quantitative estimate of drug-likeness (QED) is 0.841. The predicted octanol–water partition coefficient (Wildman–Crippen LogP) is 1.61. The summed E-state index contributed by atoms with van der Waals surface area (Å²) in [5, 5.41) is 16.5. The van der Waals surface area contributed by atoms with Gasteiger partial charge in [-0.15, -0.1) is 5.10 Å². The van der Waals surface area contributed by atoms with Crippen LogP contribution in [0.5, 0.6) is 0 Å². The van der Waals surface area contributed by atoms with Gasteiger partial charge in [0.1, 0.15) is 0 Å². The summed E-state index contributed by atoms with van der Waals surface area (Å²) in [5.41, 5.74) is 4.79. The van der Waals surface area contributed by atoms with E-state index in [1.54, 1.807) is 0 Å². The van der Waals surface area contributed by atoms with E-state index in [-0.39, 0.29) is 0 Å². The third kappa shape index (κ3) is 3.32. The average Bonchev–Trinajstić information content (AvgIpc) is 3.12. The van der Waals surface area contributed by atoms with E-state index < -0.39 is 0 Å². The van der Waals surface area contributed by atoms with Crippen molar-refractivity contribution in [1.29, 1.82) is 0 Å². The Bertz CT molecular complexity index is 608. The van der Waals surface area contributed by atoms with Crippen molar-refractivity contribution in [2.75, 3.05) is 0 Å². The topological polar surface area (TPSA) is 60.6 Å². The maximum Gasteiger partial charge on any atom is 0.0964 e. The molecule has 114 valence electrons. The molecule has 1 aliphatic rings. The maximum absolute atomic E-state index is 4.61. The van der Waals surface area contributed by atoms with Crippen LogP contribution in [0.15, 0.2) is 6.20 Å². The van der Waals surface area contributed by atoms with Crippen LogP contribution in [0.1, 0.15) is 42.4 Å². The van der Waals surface area contributed by atoms with Crippen molar-refractivity contribution in [3.05, 3.63) is 28.8 Å². The first-order valence-corrected chi connectivity index (χ1v) is 7.82. The van der Waals surface area contributed by atoms with Gasteiger partial charge in [0, 0.05) is 24.5 Å². The van der Waals surface area contributed by atoms with Crippen molar-refractivity contribution >= 4 is 0 Å². The molecule has 2 heterocycles. The highest BCUT2D eigenvalue weighted by Gasteiger charge is 2.20. The highest BCUT2D eigenvalue weighted by Crippen LogP contribution is 2.19. The van der Waals surface area contributed by atoms with Gasteiger partial charge in [-0.05, 0) is 38.7 Å². The summed E-state index contributed by atoms with van der Waals surface area (Å²) >= 11 is 0. The number of hydrogen-bond acceptors (Lipinski definition) is 4. The molecular formula is C15H24N6. The van der Waals surface area contributed by atoms with E-state index in [2.05, 4.69) is 46.2 Å². The maximum atomic E-state index is 4.61. The summed E-state index contributed by atoms with van der Waals surface area (Å²) in [4.78, 5) is 0. The van der Waals surface area contributed by atoms with Crippen molar-refractivity contribution in [2.24, 2.45) is 0 Å². The molecule has 0 spiro atoms. The Morgan fingerprint density at radius 3 is 2.76 bits per heavy atom. The SMILES string of the molecule is CCc1c(C)nn(CCn2cc(CNC3CC3)nn2)c1C. The number of nitrogens with zero attached hydrogens (tertiary/aromatic N) is 5. The Morgan fingerprint density at radius 2 is 2.10 bits per heavy atom. The zero-order chi connectivity index (χ0) is 14.8. The van der Waals surface area contributed by atoms with E-state index in [4.69, 9.17) is 0 Å². The molecule has 1 saturated carbocycles. The summed E-state index contributed by atoms with van der Waals surface area (Å²) in [6, 6.07) is 0.706. The second-order valence-corrected chi connectivity index (χ2v) is 5.85. The number of nitrogens with one attached hydrogen (secondary N) is 1. The van der Waals surface area contributed by atoms with Gasteiger partial charge in [-0.1, -0.05) is 12.1 Å². The monoisotopic (exact) mass is 288 g/mol. The zero-order valence-electron chi connectivity index (χ0n) is 13.1. The lowest BCUT2D eigenvalue weighted by Gasteiger charge is -2.04. The molecular weight excluding hydrogens is 264 g/mol. The zero-order valence-corrected chi connectivity index (χ0v) is 13.1. The third-order valence-corrected chi connectivity index (χ3v) is 4.16. The van der Waals surface area contributed by atoms with Crippen molar-refractivity contribution in [3.8, 4) is 0 Å². The molecule has 1 fully saturated rings. The van der Waals surface area contributed by atoms with E-state index in [0.29, 0.717) is 6.04 Å². The molecule has 0 bridgehead atoms. The molecule has 21 heavy (non-hydrogen) atoms. The summed E-state index contributed by atoms with van der Waals surface area (Å²) < 4.78 is 3.99. The highest BCUT2D eigenvalue weighted by atomic mass is 15.4. The van der Waals surface area contributed by atoms with Crippen LogP contribution in [0.25, 0.3) is 0 Å². The van der Waals surface area contributed by atoms with Crippen molar-refractivity contribution < 1.29 is 0 Å². The summed E-state index contributed by atoms with van der Waals surface area (Å²) in [6.45, 7) is 8.88. The van der Waals surface area contributed by atoms with Crippen LogP contribution in [-0.2, 0) is 26.1 Å². The van der Waals surface area contributed by atoms with Gasteiger partial charge in [-0.25, -0.2) is 0 Å². The molecule has 2 aromatic rings. The van der Waals surface area contributed by atoms with Crippen LogP contribution < -0.4 is 5.32 Å². The first kappa shape index (κ1) is 14.3. The summed E-state index contributed by atoms with van der Waals surface area (Å²) in [7, 11) is 0. The fourth-order valence-electron chi connectivity index (χ4n) is 2.73. The smallest absolute Gasteiger partial charge is 0.0964 e. The molecule has 1 N–H and O–H groups in total. The van der Waals surface area contributed by atoms with Gasteiger partial charge < -0.3 is 5.32 Å². The van der Waals surface area contributed by atoms with E-state index in [1.165, 1.54) is 24.1 Å². The number of rotatable bonds is 7. The lowest BCUT2D eigenvalue weighted by atomic mass is 10.1. The molecule has 0 saturated heterocycles. The van der Waals surface area contributed by atoms with Gasteiger partial charge in [0.2, 0.25) is 0 Å². The van der Waals surface area contributed by atoms with Crippen LogP contribution in [0, 0.1) is 13.8 Å². The van der Waals surface area contributed by atoms with Gasteiger partial charge in [-0.2, -0.15) is 5.10 Å². The fourth-order valence-corrected chi connectivity index (χ4v) is 2.73. The fraction of sp³-hybridized carbons (Fsp3) is 0.667. The standard InChI is InChI=1S/C15H24N6/c1-4-15-11(2)18-21(12(15)3)8-7-20-10-14(17-19-20)9-16-13-5-6-13/h10,13,16H,4-9H2,1-3H3. The second kappa shape index (κ2) is 5.97. The Balaban J connectivity index is 1.57. The number of aryl methyl sites for hydroxylation is 3. The second-order valence-electron chi connectivity index (χ2n) is 5.85. The number of hydrogen-bond donors (Lipinski definition) is 1. The van der Waals surface area contributed by atoms with Crippen molar-refractivity contribution in [3.63, 3.8) is 0 Å². The lowest BCUT2D eigenvalue weighted by molar-refractivity contribution is 0.481. The first-order valence-electron chi connectivity index (χ1n) is 7.82. The molecule has 0 atom stereocenters. The normalized spacial score (nSPS) is 14.8. The Kier molecular flexibility index (Phi) is 4.05. The molecule has 0 amide bonds. The molecule has 0 unspecified atom stereocenters. The Labute approximate surface area is 125 Å². The molecule has 6 nitrogen and oxygen atoms in total. The third-order valence-electron chi connectivity index (χ3n) is 4.16. The van der Waals surface area contributed by atoms with E-state index in [9.17, 15) is 0 Å². The minimum atomic E-state index is 0.706. The van der Waals surface area contributed by atoms with Gasteiger partial charge in [0.25, 0.3) is 0 Å². The van der Waals surface area contributed by atoms with Gasteiger partial charge >= 0.3 is 0 Å². The lowest BCUT2D eigenvalue weighted by Crippen LogP contribution is -2.15. The van der Waals surface area contributed by atoms with Gasteiger partial charge in [0.05, 0.1) is 24.5 Å². The molecule has 0 radical (unpaired) electrons. The number of aromatic nitrogens is 5. The molecule has 0 aliphatic heterocycles. The van der Waals surface area contributed by atoms with Crippen molar-refractivity contribution in [1.82, 2.24) is 30.1 Å². The summed E-state index contributed by atoms with van der Waals surface area (Å²) in [5.74, 6) is 0. The largest absolute Gasteiger partial charge is 0.308 e. The summed E-state index contributed by atoms with van der Waals surface area (Å²) in [6.07, 6.45) is 5.66. The predicted molar refractivity (Wildman–Crippen MR) is 81.0 cm³/mol. The molecule has 0 aromatic carbocycles. The Morgan fingerprint density at radius 1 is 1.29 bits per heavy atom. The van der Waals surface area contributed by atoms with E-state index >= 15 is 0 Å². The molecule has 2 aromatic heterocycles. The van der Waals surface area contributed by atoms with Crippen LogP contribution in [0.4, 0.5) is 0 Å². The van der Waals surface area contributed by atoms with Gasteiger partial charge in [0.15, 0.2) is 0 Å². The van der Waals surface area contributed by atoms with Crippen LogP contribution in [-0.4, -0.2) is 30.8 Å². The average molecular weight is 288 g/mol. The van der Waals surface area contributed by atoms with Crippen LogP contribution >= 0.6 is 0 Å². The highest BCUT2D eigenvalue weighted by molar-refractivity contribution is 5.24.